The van der Waals surface area contributed by atoms with Gasteiger partial charge in [-0.1, -0.05) is 0 Å². The van der Waals surface area contributed by atoms with Gasteiger partial charge in [0.25, 0.3) is 0 Å². The topological polar surface area (TPSA) is 58.0 Å². The fourth-order valence-electron chi connectivity index (χ4n) is 1.29. The Hall–Kier alpha value is -1.37. The Morgan fingerprint density at radius 3 is 2.62 bits per heavy atom. The molecule has 0 unspecified atom stereocenters. The largest absolute Gasteiger partial charge is 0.433 e. The summed E-state index contributed by atoms with van der Waals surface area (Å²) in [6.45, 7) is -0.132. The van der Waals surface area contributed by atoms with Crippen molar-refractivity contribution < 1.29 is 18.3 Å². The number of nitrogens with zero attached hydrogens (tertiary/aromatic N) is 2. The number of alkyl halides is 3. The van der Waals surface area contributed by atoms with Crippen LogP contribution in [0.1, 0.15) is 18.5 Å². The lowest BCUT2D eigenvalue weighted by Gasteiger charge is -2.14. The van der Waals surface area contributed by atoms with Gasteiger partial charge in [0, 0.05) is 6.20 Å². The Morgan fingerprint density at radius 1 is 1.44 bits per heavy atom. The van der Waals surface area contributed by atoms with E-state index in [1.807, 2.05) is 0 Å². The van der Waals surface area contributed by atoms with Gasteiger partial charge in [-0.05, 0) is 18.9 Å². The molecule has 0 aromatic carbocycles. The lowest BCUT2D eigenvalue weighted by Crippen LogP contribution is -2.27. The molecule has 1 aromatic heterocycles. The van der Waals surface area contributed by atoms with Crippen LogP contribution in [0.3, 0.4) is 0 Å². The van der Waals surface area contributed by atoms with Crippen molar-refractivity contribution in [2.24, 2.45) is 0 Å². The molecular weight excluding hydrogens is 223 g/mol. The van der Waals surface area contributed by atoms with Crippen molar-refractivity contribution in [2.75, 3.05) is 11.9 Å². The molecule has 1 heterocycles. The fourth-order valence-corrected chi connectivity index (χ4v) is 1.29. The molecule has 1 saturated carbocycles. The van der Waals surface area contributed by atoms with E-state index in [9.17, 15) is 13.2 Å². The number of aromatic nitrogens is 2. The summed E-state index contributed by atoms with van der Waals surface area (Å²) in [5.41, 5.74) is -1.51. The van der Waals surface area contributed by atoms with E-state index in [-0.39, 0.29) is 12.6 Å². The van der Waals surface area contributed by atoms with E-state index in [1.165, 1.54) is 0 Å². The van der Waals surface area contributed by atoms with E-state index in [0.717, 1.165) is 12.3 Å². The third-order valence-electron chi connectivity index (χ3n) is 2.48. The van der Waals surface area contributed by atoms with Crippen LogP contribution in [0.25, 0.3) is 0 Å². The van der Waals surface area contributed by atoms with Crippen LogP contribution in [-0.2, 0) is 6.18 Å². The molecule has 0 aliphatic heterocycles. The summed E-state index contributed by atoms with van der Waals surface area (Å²) in [6, 6.07) is 0.809. The van der Waals surface area contributed by atoms with Crippen molar-refractivity contribution in [1.29, 1.82) is 0 Å². The minimum Gasteiger partial charge on any atom is -0.394 e. The van der Waals surface area contributed by atoms with Gasteiger partial charge >= 0.3 is 6.18 Å². The summed E-state index contributed by atoms with van der Waals surface area (Å²) in [5, 5.41) is 11.7. The zero-order valence-corrected chi connectivity index (χ0v) is 8.25. The highest BCUT2D eigenvalue weighted by Gasteiger charge is 2.43. The molecule has 1 fully saturated rings. The molecule has 88 valence electrons. The van der Waals surface area contributed by atoms with Gasteiger partial charge in [0.05, 0.1) is 12.1 Å². The SMILES string of the molecule is OCC1(Nc2nccc(C(F)(F)F)n2)CC1. The van der Waals surface area contributed by atoms with E-state index >= 15 is 0 Å². The number of rotatable bonds is 3. The van der Waals surface area contributed by atoms with E-state index in [1.54, 1.807) is 0 Å². The molecule has 0 spiro atoms. The van der Waals surface area contributed by atoms with Crippen LogP contribution in [0.15, 0.2) is 12.3 Å². The van der Waals surface area contributed by atoms with Gasteiger partial charge in [-0.25, -0.2) is 9.97 Å². The second kappa shape index (κ2) is 3.58. The van der Waals surface area contributed by atoms with Crippen LogP contribution in [-0.4, -0.2) is 27.2 Å². The molecule has 0 atom stereocenters. The van der Waals surface area contributed by atoms with E-state index < -0.39 is 17.4 Å². The monoisotopic (exact) mass is 233 g/mol. The van der Waals surface area contributed by atoms with Crippen LogP contribution in [0.5, 0.6) is 0 Å². The molecule has 0 amide bonds. The van der Waals surface area contributed by atoms with Gasteiger partial charge in [0.15, 0.2) is 0 Å². The predicted molar refractivity (Wildman–Crippen MR) is 49.7 cm³/mol. The highest BCUT2D eigenvalue weighted by Crippen LogP contribution is 2.37. The molecule has 4 nitrogen and oxygen atoms in total. The Morgan fingerprint density at radius 2 is 2.12 bits per heavy atom. The minimum atomic E-state index is -4.48. The van der Waals surface area contributed by atoms with E-state index in [4.69, 9.17) is 5.11 Å². The molecule has 2 rings (SSSR count). The van der Waals surface area contributed by atoms with Gasteiger partial charge < -0.3 is 10.4 Å². The van der Waals surface area contributed by atoms with Crippen molar-refractivity contribution in [3.63, 3.8) is 0 Å². The molecule has 1 aromatic rings. The Kier molecular flexibility index (Phi) is 2.49. The molecule has 0 saturated heterocycles. The normalized spacial score (nSPS) is 18.2. The van der Waals surface area contributed by atoms with Crippen molar-refractivity contribution in [3.05, 3.63) is 18.0 Å². The van der Waals surface area contributed by atoms with Gasteiger partial charge in [0.1, 0.15) is 5.69 Å². The number of halogens is 3. The summed E-state index contributed by atoms with van der Waals surface area (Å²) in [4.78, 5) is 7.05. The van der Waals surface area contributed by atoms with E-state index in [0.29, 0.717) is 12.8 Å². The van der Waals surface area contributed by atoms with Crippen molar-refractivity contribution >= 4 is 5.95 Å². The van der Waals surface area contributed by atoms with Crippen molar-refractivity contribution in [1.82, 2.24) is 9.97 Å². The average molecular weight is 233 g/mol. The highest BCUT2D eigenvalue weighted by molar-refractivity contribution is 5.34. The van der Waals surface area contributed by atoms with Crippen LogP contribution < -0.4 is 5.32 Å². The van der Waals surface area contributed by atoms with Crippen LogP contribution >= 0.6 is 0 Å². The third kappa shape index (κ3) is 2.24. The number of aliphatic hydroxyl groups is 1. The number of anilines is 1. The first-order chi connectivity index (χ1) is 7.45. The Bertz CT molecular complexity index is 390. The lowest BCUT2D eigenvalue weighted by atomic mass is 10.3. The maximum Gasteiger partial charge on any atom is 0.433 e. The fraction of sp³-hybridized carbons (Fsp3) is 0.556. The average Bonchev–Trinajstić information content (AvgIpc) is 2.98. The van der Waals surface area contributed by atoms with Crippen LogP contribution in [0.4, 0.5) is 19.1 Å². The number of nitrogens with one attached hydrogen (secondary N) is 1. The maximum atomic E-state index is 12.3. The number of hydrogen-bond donors (Lipinski definition) is 2. The predicted octanol–water partition coefficient (Wildman–Crippen LogP) is 1.43. The molecule has 2 N–H and O–H groups in total. The molecule has 1 aliphatic carbocycles. The molecule has 16 heavy (non-hydrogen) atoms. The second-order valence-electron chi connectivity index (χ2n) is 3.83. The lowest BCUT2D eigenvalue weighted by molar-refractivity contribution is -0.141. The number of aliphatic hydroxyl groups excluding tert-OH is 1. The first-order valence-electron chi connectivity index (χ1n) is 4.74. The Balaban J connectivity index is 2.17. The van der Waals surface area contributed by atoms with Crippen LogP contribution in [0.2, 0.25) is 0 Å². The van der Waals surface area contributed by atoms with Gasteiger partial charge in [-0.2, -0.15) is 13.2 Å². The molecule has 1 aliphatic rings. The number of hydrogen-bond acceptors (Lipinski definition) is 4. The van der Waals surface area contributed by atoms with Crippen molar-refractivity contribution in [3.8, 4) is 0 Å². The van der Waals surface area contributed by atoms with Crippen LogP contribution in [0, 0.1) is 0 Å². The second-order valence-corrected chi connectivity index (χ2v) is 3.83. The zero-order chi connectivity index (χ0) is 11.8. The molecular formula is C9H10F3N3O. The standard InChI is InChI=1S/C9H10F3N3O/c10-9(11,12)6-1-4-13-7(14-6)15-8(5-16)2-3-8/h1,4,16H,2-3,5H2,(H,13,14,15). The van der Waals surface area contributed by atoms with Crippen molar-refractivity contribution in [2.45, 2.75) is 24.6 Å². The molecule has 7 heteroatoms. The highest BCUT2D eigenvalue weighted by atomic mass is 19.4. The third-order valence-corrected chi connectivity index (χ3v) is 2.48. The summed E-state index contributed by atoms with van der Waals surface area (Å²) >= 11 is 0. The summed E-state index contributed by atoms with van der Waals surface area (Å²) in [5.74, 6) is -0.0959. The Labute approximate surface area is 89.5 Å². The quantitative estimate of drug-likeness (QED) is 0.829. The first kappa shape index (κ1) is 11.1. The molecule has 0 radical (unpaired) electrons. The minimum absolute atomic E-state index is 0.0959. The first-order valence-corrected chi connectivity index (χ1v) is 4.74. The van der Waals surface area contributed by atoms with Gasteiger partial charge in [0.2, 0.25) is 5.95 Å². The van der Waals surface area contributed by atoms with Gasteiger partial charge in [-0.3, -0.25) is 0 Å². The zero-order valence-electron chi connectivity index (χ0n) is 8.25. The van der Waals surface area contributed by atoms with E-state index in [2.05, 4.69) is 15.3 Å². The maximum absolute atomic E-state index is 12.3. The smallest absolute Gasteiger partial charge is 0.394 e. The summed E-state index contributed by atoms with van der Waals surface area (Å²) < 4.78 is 37.0. The molecule has 0 bridgehead atoms. The van der Waals surface area contributed by atoms with Gasteiger partial charge in [-0.15, -0.1) is 0 Å². The summed E-state index contributed by atoms with van der Waals surface area (Å²) in [6.07, 6.45) is -2.01. The summed E-state index contributed by atoms with van der Waals surface area (Å²) in [7, 11) is 0.